The molecule has 0 heterocycles. The number of aliphatic hydroxyl groups is 1. The molecule has 2 N–H and O–H groups in total. The van der Waals surface area contributed by atoms with Crippen LogP contribution in [0.2, 0.25) is 0 Å². The molecule has 0 radical (unpaired) electrons. The summed E-state index contributed by atoms with van der Waals surface area (Å²) in [6, 6.07) is 12.6. The molecule has 2 aromatic rings. The van der Waals surface area contributed by atoms with Crippen molar-refractivity contribution in [1.82, 2.24) is 0 Å². The number of hydrogen-bond donors (Lipinski definition) is 2. The van der Waals surface area contributed by atoms with Gasteiger partial charge in [0.2, 0.25) is 0 Å². The van der Waals surface area contributed by atoms with Crippen molar-refractivity contribution in [1.29, 1.82) is 0 Å². The van der Waals surface area contributed by atoms with Gasteiger partial charge in [-0.1, -0.05) is 12.1 Å². The summed E-state index contributed by atoms with van der Waals surface area (Å²) in [5.74, 6) is -0.602. The van der Waals surface area contributed by atoms with Gasteiger partial charge < -0.3 is 10.4 Å². The van der Waals surface area contributed by atoms with Gasteiger partial charge >= 0.3 is 0 Å². The van der Waals surface area contributed by atoms with E-state index >= 15 is 0 Å². The molecule has 0 aliphatic rings. The highest BCUT2D eigenvalue weighted by Gasteiger charge is 2.06. The number of hydrogen-bond acceptors (Lipinski definition) is 2. The van der Waals surface area contributed by atoms with Gasteiger partial charge in [-0.3, -0.25) is 4.79 Å². The Morgan fingerprint density at radius 1 is 1.16 bits per heavy atom. The van der Waals surface area contributed by atoms with Crippen LogP contribution in [0.15, 0.2) is 48.5 Å². The fourth-order valence-corrected chi connectivity index (χ4v) is 1.73. The van der Waals surface area contributed by atoms with E-state index in [1.54, 1.807) is 18.2 Å². The molecule has 98 valence electrons. The fourth-order valence-electron chi connectivity index (χ4n) is 1.73. The Labute approximate surface area is 110 Å². The van der Waals surface area contributed by atoms with E-state index in [4.69, 9.17) is 5.11 Å². The van der Waals surface area contributed by atoms with Crippen LogP contribution in [0.5, 0.6) is 0 Å². The van der Waals surface area contributed by atoms with E-state index in [0.717, 1.165) is 5.56 Å². The van der Waals surface area contributed by atoms with Gasteiger partial charge in [-0.15, -0.1) is 0 Å². The monoisotopic (exact) mass is 259 g/mol. The molecule has 0 atom stereocenters. The molecular weight excluding hydrogens is 245 g/mol. The lowest BCUT2D eigenvalue weighted by Gasteiger charge is -2.06. The van der Waals surface area contributed by atoms with E-state index < -0.39 is 0 Å². The lowest BCUT2D eigenvalue weighted by atomic mass is 10.1. The molecule has 0 fully saturated rings. The average Bonchev–Trinajstić information content (AvgIpc) is 2.42. The van der Waals surface area contributed by atoms with Crippen LogP contribution < -0.4 is 5.32 Å². The van der Waals surface area contributed by atoms with Gasteiger partial charge in [-0.25, -0.2) is 4.39 Å². The Balaban J connectivity index is 2.11. The predicted octanol–water partition coefficient (Wildman–Crippen LogP) is 2.61. The van der Waals surface area contributed by atoms with Crippen molar-refractivity contribution < 1.29 is 14.3 Å². The Kier molecular flexibility index (Phi) is 4.26. The normalized spacial score (nSPS) is 10.2. The van der Waals surface area contributed by atoms with Gasteiger partial charge in [0, 0.05) is 17.9 Å². The van der Waals surface area contributed by atoms with Crippen LogP contribution >= 0.6 is 0 Å². The Bertz CT molecular complexity index is 567. The van der Waals surface area contributed by atoms with E-state index in [-0.39, 0.29) is 18.3 Å². The van der Waals surface area contributed by atoms with Crippen molar-refractivity contribution in [3.05, 3.63) is 65.5 Å². The summed E-state index contributed by atoms with van der Waals surface area (Å²) in [5.41, 5.74) is 1.95. The Morgan fingerprint density at radius 2 is 1.89 bits per heavy atom. The summed E-state index contributed by atoms with van der Waals surface area (Å²) in [7, 11) is 0. The summed E-state index contributed by atoms with van der Waals surface area (Å²) in [6.45, 7) is 0.0447. The third-order valence-electron chi connectivity index (χ3n) is 2.69. The maximum absolute atomic E-state index is 12.7. The third-order valence-corrected chi connectivity index (χ3v) is 2.69. The first-order valence-electron chi connectivity index (χ1n) is 5.96. The largest absolute Gasteiger partial charge is 0.396 e. The summed E-state index contributed by atoms with van der Waals surface area (Å²) in [6.07, 6.45) is 0.512. The quantitative estimate of drug-likeness (QED) is 0.886. The SMILES string of the molecule is O=C(Nc1ccc(F)cc1)c1cccc(CCO)c1. The number of carbonyl (C=O) groups excluding carboxylic acids is 1. The molecule has 19 heavy (non-hydrogen) atoms. The fraction of sp³-hybridized carbons (Fsp3) is 0.133. The zero-order valence-corrected chi connectivity index (χ0v) is 10.3. The number of carbonyl (C=O) groups is 1. The second-order valence-corrected chi connectivity index (χ2v) is 4.14. The minimum atomic E-state index is -0.344. The van der Waals surface area contributed by atoms with Crippen LogP contribution in [0.1, 0.15) is 15.9 Å². The molecule has 3 nitrogen and oxygen atoms in total. The average molecular weight is 259 g/mol. The first-order chi connectivity index (χ1) is 9.19. The van der Waals surface area contributed by atoms with E-state index in [1.165, 1.54) is 24.3 Å². The second kappa shape index (κ2) is 6.11. The van der Waals surface area contributed by atoms with Gasteiger partial charge in [0.05, 0.1) is 0 Å². The maximum Gasteiger partial charge on any atom is 0.255 e. The van der Waals surface area contributed by atoms with Crippen LogP contribution in [0.25, 0.3) is 0 Å². The minimum Gasteiger partial charge on any atom is -0.396 e. The predicted molar refractivity (Wildman–Crippen MR) is 71.6 cm³/mol. The number of aliphatic hydroxyl groups excluding tert-OH is 1. The number of halogens is 1. The van der Waals surface area contributed by atoms with Gasteiger partial charge in [0.25, 0.3) is 5.91 Å². The molecule has 2 rings (SSSR count). The summed E-state index contributed by atoms with van der Waals surface area (Å²) < 4.78 is 12.7. The number of benzene rings is 2. The first-order valence-corrected chi connectivity index (χ1v) is 5.96. The van der Waals surface area contributed by atoms with Crippen LogP contribution in [-0.4, -0.2) is 17.6 Å². The zero-order valence-electron chi connectivity index (χ0n) is 10.3. The van der Waals surface area contributed by atoms with E-state index in [2.05, 4.69) is 5.32 Å². The van der Waals surface area contributed by atoms with Crippen LogP contribution in [0.3, 0.4) is 0 Å². The standard InChI is InChI=1S/C15H14FNO2/c16-13-4-6-14(7-5-13)17-15(19)12-3-1-2-11(10-12)8-9-18/h1-7,10,18H,8-9H2,(H,17,19). The molecular formula is C15H14FNO2. The third kappa shape index (κ3) is 3.63. The topological polar surface area (TPSA) is 49.3 Å². The Morgan fingerprint density at radius 3 is 2.58 bits per heavy atom. The van der Waals surface area contributed by atoms with Crippen molar-refractivity contribution in [2.24, 2.45) is 0 Å². The van der Waals surface area contributed by atoms with Gasteiger partial charge in [-0.05, 0) is 48.4 Å². The van der Waals surface area contributed by atoms with Crippen LogP contribution in [0, 0.1) is 5.82 Å². The van der Waals surface area contributed by atoms with Gasteiger partial charge in [-0.2, -0.15) is 0 Å². The summed E-state index contributed by atoms with van der Waals surface area (Å²) in [5, 5.41) is 11.6. The number of amides is 1. The maximum atomic E-state index is 12.7. The van der Waals surface area contributed by atoms with Crippen molar-refractivity contribution in [2.45, 2.75) is 6.42 Å². The molecule has 4 heteroatoms. The highest BCUT2D eigenvalue weighted by atomic mass is 19.1. The molecule has 1 amide bonds. The molecule has 0 bridgehead atoms. The highest BCUT2D eigenvalue weighted by molar-refractivity contribution is 6.04. The summed E-state index contributed by atoms with van der Waals surface area (Å²) in [4.78, 5) is 12.0. The van der Waals surface area contributed by atoms with E-state index in [9.17, 15) is 9.18 Å². The molecule has 0 saturated carbocycles. The molecule has 0 unspecified atom stereocenters. The molecule has 2 aromatic carbocycles. The molecule has 0 aliphatic heterocycles. The molecule has 0 aliphatic carbocycles. The molecule has 0 saturated heterocycles. The van der Waals surface area contributed by atoms with Crippen molar-refractivity contribution in [2.75, 3.05) is 11.9 Å². The van der Waals surface area contributed by atoms with Crippen molar-refractivity contribution in [3.63, 3.8) is 0 Å². The number of anilines is 1. The highest BCUT2D eigenvalue weighted by Crippen LogP contribution is 2.12. The number of rotatable bonds is 4. The zero-order chi connectivity index (χ0) is 13.7. The van der Waals surface area contributed by atoms with Crippen molar-refractivity contribution >= 4 is 11.6 Å². The van der Waals surface area contributed by atoms with Crippen LogP contribution in [-0.2, 0) is 6.42 Å². The van der Waals surface area contributed by atoms with Crippen LogP contribution in [0.4, 0.5) is 10.1 Å². The van der Waals surface area contributed by atoms with Gasteiger partial charge in [0.15, 0.2) is 0 Å². The van der Waals surface area contributed by atoms with Crippen molar-refractivity contribution in [3.8, 4) is 0 Å². The number of nitrogens with one attached hydrogen (secondary N) is 1. The first kappa shape index (κ1) is 13.2. The second-order valence-electron chi connectivity index (χ2n) is 4.14. The molecule has 0 spiro atoms. The minimum absolute atomic E-state index is 0.0447. The Hall–Kier alpha value is -2.20. The van der Waals surface area contributed by atoms with E-state index in [1.807, 2.05) is 6.07 Å². The van der Waals surface area contributed by atoms with Gasteiger partial charge in [0.1, 0.15) is 5.82 Å². The lowest BCUT2D eigenvalue weighted by Crippen LogP contribution is -2.12. The summed E-state index contributed by atoms with van der Waals surface area (Å²) >= 11 is 0. The van der Waals surface area contributed by atoms with E-state index in [0.29, 0.717) is 17.7 Å². The molecule has 0 aromatic heterocycles. The lowest BCUT2D eigenvalue weighted by molar-refractivity contribution is 0.102. The smallest absolute Gasteiger partial charge is 0.255 e.